The zero-order valence-corrected chi connectivity index (χ0v) is 12.1. The van der Waals surface area contributed by atoms with Crippen LogP contribution in [0.3, 0.4) is 0 Å². The summed E-state index contributed by atoms with van der Waals surface area (Å²) in [6, 6.07) is 11.9. The molecule has 3 aromatic rings. The van der Waals surface area contributed by atoms with Gasteiger partial charge in [0, 0.05) is 11.9 Å². The van der Waals surface area contributed by atoms with E-state index in [4.69, 9.17) is 5.26 Å². The zero-order chi connectivity index (χ0) is 15.4. The molecule has 0 atom stereocenters. The lowest BCUT2D eigenvalue weighted by Crippen LogP contribution is -1.89. The molecule has 2 aromatic heterocycles. The summed E-state index contributed by atoms with van der Waals surface area (Å²) < 4.78 is 13.8. The van der Waals surface area contributed by atoms with Gasteiger partial charge in [-0.25, -0.2) is 4.39 Å². The third-order valence-corrected chi connectivity index (χ3v) is 3.81. The smallest absolute Gasteiger partial charge is 0.209 e. The largest absolute Gasteiger partial charge is 0.257 e. The second-order valence-corrected chi connectivity index (χ2v) is 5.33. The van der Waals surface area contributed by atoms with Crippen molar-refractivity contribution in [3.63, 3.8) is 0 Å². The van der Waals surface area contributed by atoms with Crippen LogP contribution in [0.2, 0.25) is 0 Å². The molecule has 0 unspecified atom stereocenters. The van der Waals surface area contributed by atoms with Crippen LogP contribution in [-0.4, -0.2) is 20.2 Å². The van der Waals surface area contributed by atoms with Crippen molar-refractivity contribution in [3.8, 4) is 17.6 Å². The summed E-state index contributed by atoms with van der Waals surface area (Å²) in [6.07, 6.45) is 1.68. The van der Waals surface area contributed by atoms with E-state index in [0.717, 1.165) is 0 Å². The molecule has 7 heteroatoms. The van der Waals surface area contributed by atoms with E-state index in [-0.39, 0.29) is 0 Å². The average molecular weight is 311 g/mol. The first-order valence-electron chi connectivity index (χ1n) is 6.41. The first-order valence-corrected chi connectivity index (χ1v) is 7.40. The highest BCUT2D eigenvalue weighted by Crippen LogP contribution is 2.23. The van der Waals surface area contributed by atoms with E-state index < -0.39 is 5.82 Å². The van der Waals surface area contributed by atoms with Crippen molar-refractivity contribution >= 4 is 11.8 Å². The third-order valence-electron chi connectivity index (χ3n) is 2.91. The fourth-order valence-corrected chi connectivity index (χ4v) is 2.59. The molecule has 0 bridgehead atoms. The summed E-state index contributed by atoms with van der Waals surface area (Å²) in [6.45, 7) is 0. The van der Waals surface area contributed by atoms with Crippen molar-refractivity contribution in [2.45, 2.75) is 10.9 Å². The first kappa shape index (κ1) is 14.2. The summed E-state index contributed by atoms with van der Waals surface area (Å²) in [7, 11) is 0. The molecular weight excluding hydrogens is 301 g/mol. The van der Waals surface area contributed by atoms with E-state index in [2.05, 4.69) is 20.2 Å². The number of benzene rings is 1. The van der Waals surface area contributed by atoms with Gasteiger partial charge in [0.1, 0.15) is 11.5 Å². The molecule has 0 radical (unpaired) electrons. The van der Waals surface area contributed by atoms with Crippen molar-refractivity contribution in [3.05, 3.63) is 59.5 Å². The molecule has 1 N–H and O–H groups in total. The van der Waals surface area contributed by atoms with Crippen LogP contribution in [-0.2, 0) is 5.75 Å². The second kappa shape index (κ2) is 6.37. The average Bonchev–Trinajstić information content (AvgIpc) is 3.03. The molecule has 2 heterocycles. The minimum atomic E-state index is -0.396. The predicted octanol–water partition coefficient (Wildman–Crippen LogP) is 3.17. The molecule has 3 rings (SSSR count). The molecule has 0 fully saturated rings. The summed E-state index contributed by atoms with van der Waals surface area (Å²) in [5, 5.41) is 16.1. The summed E-state index contributed by atoms with van der Waals surface area (Å²) in [4.78, 5) is 8.50. The SMILES string of the molecule is N#Cc1ccc(CSc2n[nH]c(-c3ccccn3)n2)c(F)c1. The fraction of sp³-hybridized carbons (Fsp3) is 0.0667. The molecule has 0 aliphatic heterocycles. The Balaban J connectivity index is 1.70. The number of nitrogens with one attached hydrogen (secondary N) is 1. The lowest BCUT2D eigenvalue weighted by Gasteiger charge is -2.01. The van der Waals surface area contributed by atoms with Crippen molar-refractivity contribution in [1.29, 1.82) is 5.26 Å². The number of halogens is 1. The molecule has 0 amide bonds. The van der Waals surface area contributed by atoms with Crippen LogP contribution in [0.5, 0.6) is 0 Å². The lowest BCUT2D eigenvalue weighted by atomic mass is 10.1. The molecule has 22 heavy (non-hydrogen) atoms. The topological polar surface area (TPSA) is 78.2 Å². The molecule has 108 valence electrons. The van der Waals surface area contributed by atoms with Crippen molar-refractivity contribution in [2.75, 3.05) is 0 Å². The van der Waals surface area contributed by atoms with E-state index in [1.54, 1.807) is 18.3 Å². The van der Waals surface area contributed by atoms with E-state index in [9.17, 15) is 4.39 Å². The Morgan fingerprint density at radius 1 is 1.27 bits per heavy atom. The van der Waals surface area contributed by atoms with Crippen LogP contribution in [0, 0.1) is 17.1 Å². The van der Waals surface area contributed by atoms with Crippen LogP contribution >= 0.6 is 11.8 Å². The second-order valence-electron chi connectivity index (χ2n) is 4.39. The Morgan fingerprint density at radius 3 is 2.91 bits per heavy atom. The first-order chi connectivity index (χ1) is 10.8. The van der Waals surface area contributed by atoms with Gasteiger partial charge < -0.3 is 0 Å². The van der Waals surface area contributed by atoms with Crippen LogP contribution in [0.15, 0.2) is 47.8 Å². The lowest BCUT2D eigenvalue weighted by molar-refractivity contribution is 0.617. The number of pyridine rings is 1. The highest BCUT2D eigenvalue weighted by molar-refractivity contribution is 7.98. The molecule has 0 aliphatic carbocycles. The summed E-state index contributed by atoms with van der Waals surface area (Å²) >= 11 is 1.31. The Morgan fingerprint density at radius 2 is 2.18 bits per heavy atom. The van der Waals surface area contributed by atoms with Gasteiger partial charge in [0.25, 0.3) is 0 Å². The number of H-pyrrole nitrogens is 1. The van der Waals surface area contributed by atoms with Gasteiger partial charge in [-0.05, 0) is 29.8 Å². The minimum absolute atomic E-state index is 0.307. The van der Waals surface area contributed by atoms with E-state index >= 15 is 0 Å². The van der Waals surface area contributed by atoms with Gasteiger partial charge >= 0.3 is 0 Å². The van der Waals surface area contributed by atoms with E-state index in [1.165, 1.54) is 17.8 Å². The van der Waals surface area contributed by atoms with Gasteiger partial charge in [0.2, 0.25) is 5.16 Å². The predicted molar refractivity (Wildman–Crippen MR) is 80.3 cm³/mol. The standard InChI is InChI=1S/C15H10FN5S/c16-12-7-10(8-17)4-5-11(12)9-22-15-19-14(20-21-15)13-3-1-2-6-18-13/h1-7H,9H2,(H,19,20,21). The Kier molecular flexibility index (Phi) is 4.12. The number of thioether (sulfide) groups is 1. The molecular formula is C15H10FN5S. The molecule has 0 aliphatic rings. The normalized spacial score (nSPS) is 10.4. The van der Waals surface area contributed by atoms with Gasteiger partial charge in [0.05, 0.1) is 11.6 Å². The van der Waals surface area contributed by atoms with Gasteiger partial charge in [0.15, 0.2) is 5.82 Å². The minimum Gasteiger partial charge on any atom is -0.257 e. The Bertz CT molecular complexity index is 825. The number of rotatable bonds is 4. The molecule has 0 spiro atoms. The van der Waals surface area contributed by atoms with Crippen molar-refractivity contribution in [1.82, 2.24) is 20.2 Å². The number of aromatic amines is 1. The number of hydrogen-bond donors (Lipinski definition) is 1. The molecule has 1 aromatic carbocycles. The quantitative estimate of drug-likeness (QED) is 0.749. The molecule has 5 nitrogen and oxygen atoms in total. The maximum absolute atomic E-state index is 13.8. The third kappa shape index (κ3) is 3.13. The van der Waals surface area contributed by atoms with Crippen molar-refractivity contribution in [2.24, 2.45) is 0 Å². The van der Waals surface area contributed by atoms with Gasteiger partial charge in [-0.2, -0.15) is 10.2 Å². The zero-order valence-electron chi connectivity index (χ0n) is 11.3. The van der Waals surface area contributed by atoms with Crippen LogP contribution in [0.25, 0.3) is 11.5 Å². The van der Waals surface area contributed by atoms with Crippen LogP contribution < -0.4 is 0 Å². The fourth-order valence-electron chi connectivity index (χ4n) is 1.80. The number of hydrogen-bond acceptors (Lipinski definition) is 5. The number of aromatic nitrogens is 4. The van der Waals surface area contributed by atoms with E-state index in [1.807, 2.05) is 24.3 Å². The molecule has 0 saturated carbocycles. The number of nitriles is 1. The highest BCUT2D eigenvalue weighted by Gasteiger charge is 2.09. The number of nitrogens with zero attached hydrogens (tertiary/aromatic N) is 4. The maximum atomic E-state index is 13.8. The van der Waals surface area contributed by atoms with Crippen LogP contribution in [0.4, 0.5) is 4.39 Å². The van der Waals surface area contributed by atoms with Gasteiger partial charge in [-0.1, -0.05) is 23.9 Å². The summed E-state index contributed by atoms with van der Waals surface area (Å²) in [5.41, 5.74) is 1.51. The Labute approximate surface area is 130 Å². The van der Waals surface area contributed by atoms with Crippen molar-refractivity contribution < 1.29 is 4.39 Å². The monoisotopic (exact) mass is 311 g/mol. The van der Waals surface area contributed by atoms with Crippen LogP contribution in [0.1, 0.15) is 11.1 Å². The summed E-state index contributed by atoms with van der Waals surface area (Å²) in [5.74, 6) is 0.562. The van der Waals surface area contributed by atoms with E-state index in [0.29, 0.717) is 33.6 Å². The van der Waals surface area contributed by atoms with Gasteiger partial charge in [-0.3, -0.25) is 10.1 Å². The maximum Gasteiger partial charge on any atom is 0.209 e. The van der Waals surface area contributed by atoms with Gasteiger partial charge in [-0.15, -0.1) is 5.10 Å². The highest BCUT2D eigenvalue weighted by atomic mass is 32.2. The molecule has 0 saturated heterocycles. The Hall–Kier alpha value is -2.72.